The van der Waals surface area contributed by atoms with E-state index in [1.807, 2.05) is 4.90 Å². The van der Waals surface area contributed by atoms with Crippen molar-refractivity contribution in [1.82, 2.24) is 4.98 Å². The second-order valence-electron chi connectivity index (χ2n) is 4.19. The van der Waals surface area contributed by atoms with Gasteiger partial charge < -0.3 is 10.0 Å². The Kier molecular flexibility index (Phi) is 3.30. The van der Waals surface area contributed by atoms with Crippen LogP contribution < -0.4 is 4.90 Å². The number of hydrogen-bond acceptors (Lipinski definition) is 3. The van der Waals surface area contributed by atoms with Crippen LogP contribution in [-0.2, 0) is 0 Å². The van der Waals surface area contributed by atoms with Crippen molar-refractivity contribution in [2.75, 3.05) is 18.0 Å². The molecule has 88 valence electrons. The smallest absolute Gasteiger partial charge is 0.167 e. The molecular weight excluding hydrogens is 231 g/mol. The molecule has 2 atom stereocenters. The molecule has 1 fully saturated rings. The Balaban J connectivity index is 2.14. The predicted octanol–water partition coefficient (Wildman–Crippen LogP) is 2.08. The first-order valence-electron chi connectivity index (χ1n) is 5.32. The molecule has 0 aliphatic carbocycles. The van der Waals surface area contributed by atoms with Gasteiger partial charge in [-0.3, -0.25) is 0 Å². The highest BCUT2D eigenvalue weighted by atomic mass is 35.5. The van der Waals surface area contributed by atoms with E-state index in [2.05, 4.69) is 4.98 Å². The minimum absolute atomic E-state index is 0.192. The Hall–Kier alpha value is -0.870. The molecule has 1 aliphatic heterocycles. The molecule has 5 heteroatoms. The van der Waals surface area contributed by atoms with Crippen LogP contribution in [0.2, 0.25) is 5.02 Å². The number of halogens is 2. The van der Waals surface area contributed by atoms with E-state index in [4.69, 9.17) is 11.6 Å². The maximum atomic E-state index is 13.6. The van der Waals surface area contributed by atoms with Crippen molar-refractivity contribution in [1.29, 1.82) is 0 Å². The molecule has 0 bridgehead atoms. The molecule has 1 N–H and O–H groups in total. The summed E-state index contributed by atoms with van der Waals surface area (Å²) in [5, 5.41) is 9.77. The van der Waals surface area contributed by atoms with Crippen molar-refractivity contribution >= 4 is 17.4 Å². The summed E-state index contributed by atoms with van der Waals surface area (Å²) in [6.45, 7) is 3.13. The second-order valence-corrected chi connectivity index (χ2v) is 4.63. The molecule has 2 heterocycles. The Morgan fingerprint density at radius 3 is 3.00 bits per heavy atom. The maximum Gasteiger partial charge on any atom is 0.167 e. The van der Waals surface area contributed by atoms with Crippen LogP contribution >= 0.6 is 11.6 Å². The summed E-state index contributed by atoms with van der Waals surface area (Å²) in [4.78, 5) is 5.84. The van der Waals surface area contributed by atoms with Crippen molar-refractivity contribution in [3.63, 3.8) is 0 Å². The van der Waals surface area contributed by atoms with Crippen LogP contribution in [0.5, 0.6) is 0 Å². The number of rotatable bonds is 2. The van der Waals surface area contributed by atoms with E-state index in [1.54, 1.807) is 6.92 Å². The number of nitrogens with zero attached hydrogens (tertiary/aromatic N) is 2. The number of pyridine rings is 1. The fourth-order valence-electron chi connectivity index (χ4n) is 2.01. The highest BCUT2D eigenvalue weighted by molar-refractivity contribution is 6.30. The van der Waals surface area contributed by atoms with Gasteiger partial charge in [-0.15, -0.1) is 0 Å². The van der Waals surface area contributed by atoms with Crippen molar-refractivity contribution in [2.24, 2.45) is 5.92 Å². The molecule has 2 unspecified atom stereocenters. The molecule has 1 saturated heterocycles. The third-order valence-electron chi connectivity index (χ3n) is 2.99. The van der Waals surface area contributed by atoms with E-state index in [0.29, 0.717) is 17.4 Å². The third kappa shape index (κ3) is 2.28. The normalized spacial score (nSPS) is 22.5. The molecule has 16 heavy (non-hydrogen) atoms. The van der Waals surface area contributed by atoms with Crippen LogP contribution in [0.25, 0.3) is 0 Å². The molecular formula is C11H14ClFN2O. The zero-order valence-corrected chi connectivity index (χ0v) is 9.78. The molecule has 0 aromatic carbocycles. The first-order valence-corrected chi connectivity index (χ1v) is 5.70. The van der Waals surface area contributed by atoms with Crippen molar-refractivity contribution in [3.05, 3.63) is 23.1 Å². The molecule has 0 spiro atoms. The minimum Gasteiger partial charge on any atom is -0.393 e. The molecule has 0 amide bonds. The number of aliphatic hydroxyl groups excluding tert-OH is 1. The van der Waals surface area contributed by atoms with E-state index < -0.39 is 5.82 Å². The average molecular weight is 245 g/mol. The van der Waals surface area contributed by atoms with E-state index in [1.165, 1.54) is 12.3 Å². The van der Waals surface area contributed by atoms with Crippen LogP contribution in [0.4, 0.5) is 10.2 Å². The fourth-order valence-corrected chi connectivity index (χ4v) is 2.16. The van der Waals surface area contributed by atoms with Gasteiger partial charge >= 0.3 is 0 Å². The standard InChI is InChI=1S/C11H14ClFN2O/c1-7(16)8-2-3-15(6-8)11-10(13)4-9(12)5-14-11/h4-5,7-8,16H,2-3,6H2,1H3. The minimum atomic E-state index is -0.404. The van der Waals surface area contributed by atoms with Crippen molar-refractivity contribution in [2.45, 2.75) is 19.4 Å². The first-order chi connectivity index (χ1) is 7.58. The highest BCUT2D eigenvalue weighted by Gasteiger charge is 2.28. The summed E-state index contributed by atoms with van der Waals surface area (Å²) >= 11 is 5.64. The van der Waals surface area contributed by atoms with Crippen LogP contribution in [0, 0.1) is 11.7 Å². The lowest BCUT2D eigenvalue weighted by Gasteiger charge is -2.19. The molecule has 2 rings (SSSR count). The molecule has 0 saturated carbocycles. The summed E-state index contributed by atoms with van der Waals surface area (Å²) in [6, 6.07) is 1.26. The van der Waals surface area contributed by atoms with Gasteiger partial charge in [0, 0.05) is 25.2 Å². The van der Waals surface area contributed by atoms with Crippen LogP contribution in [0.15, 0.2) is 12.3 Å². The van der Waals surface area contributed by atoms with Gasteiger partial charge in [-0.2, -0.15) is 0 Å². The van der Waals surface area contributed by atoms with Gasteiger partial charge in [0.2, 0.25) is 0 Å². The fraction of sp³-hybridized carbons (Fsp3) is 0.545. The Morgan fingerprint density at radius 2 is 2.44 bits per heavy atom. The molecule has 3 nitrogen and oxygen atoms in total. The third-order valence-corrected chi connectivity index (χ3v) is 3.20. The molecule has 0 radical (unpaired) electrons. The number of hydrogen-bond donors (Lipinski definition) is 1. The number of aliphatic hydroxyl groups is 1. The van der Waals surface area contributed by atoms with E-state index >= 15 is 0 Å². The lowest BCUT2D eigenvalue weighted by atomic mass is 10.0. The second kappa shape index (κ2) is 4.55. The van der Waals surface area contributed by atoms with E-state index in [-0.39, 0.29) is 12.0 Å². The number of anilines is 1. The number of aromatic nitrogens is 1. The van der Waals surface area contributed by atoms with E-state index in [0.717, 1.165) is 13.0 Å². The maximum absolute atomic E-state index is 13.6. The summed E-state index contributed by atoms with van der Waals surface area (Å²) in [5.41, 5.74) is 0. The molecule has 1 aromatic rings. The molecule has 1 aromatic heterocycles. The zero-order chi connectivity index (χ0) is 11.7. The van der Waals surface area contributed by atoms with Gasteiger partial charge in [0.05, 0.1) is 11.1 Å². The van der Waals surface area contributed by atoms with Crippen LogP contribution in [-0.4, -0.2) is 29.3 Å². The molecule has 1 aliphatic rings. The Morgan fingerprint density at radius 1 is 1.69 bits per heavy atom. The topological polar surface area (TPSA) is 36.4 Å². The summed E-state index contributed by atoms with van der Waals surface area (Å²) in [5.74, 6) is 0.114. The Labute approximate surface area is 98.9 Å². The lowest BCUT2D eigenvalue weighted by Crippen LogP contribution is -2.25. The summed E-state index contributed by atoms with van der Waals surface area (Å²) < 4.78 is 13.6. The van der Waals surface area contributed by atoms with E-state index in [9.17, 15) is 9.50 Å². The quantitative estimate of drug-likeness (QED) is 0.866. The van der Waals surface area contributed by atoms with Gasteiger partial charge in [-0.1, -0.05) is 11.6 Å². The van der Waals surface area contributed by atoms with Gasteiger partial charge in [-0.25, -0.2) is 9.37 Å². The summed E-state index contributed by atoms with van der Waals surface area (Å²) in [6.07, 6.45) is 1.94. The van der Waals surface area contributed by atoms with Crippen LogP contribution in [0.3, 0.4) is 0 Å². The van der Waals surface area contributed by atoms with Crippen LogP contribution in [0.1, 0.15) is 13.3 Å². The highest BCUT2D eigenvalue weighted by Crippen LogP contribution is 2.27. The zero-order valence-electron chi connectivity index (χ0n) is 9.03. The van der Waals surface area contributed by atoms with Gasteiger partial charge in [-0.05, 0) is 19.4 Å². The van der Waals surface area contributed by atoms with Gasteiger partial charge in [0.15, 0.2) is 11.6 Å². The predicted molar refractivity (Wildman–Crippen MR) is 61.2 cm³/mol. The lowest BCUT2D eigenvalue weighted by molar-refractivity contribution is 0.136. The van der Waals surface area contributed by atoms with Crippen molar-refractivity contribution < 1.29 is 9.50 Å². The largest absolute Gasteiger partial charge is 0.393 e. The SMILES string of the molecule is CC(O)C1CCN(c2ncc(Cl)cc2F)C1. The van der Waals surface area contributed by atoms with Gasteiger partial charge in [0.1, 0.15) is 0 Å². The monoisotopic (exact) mass is 244 g/mol. The summed E-state index contributed by atoms with van der Waals surface area (Å²) in [7, 11) is 0. The average Bonchev–Trinajstić information content (AvgIpc) is 2.66. The van der Waals surface area contributed by atoms with Crippen molar-refractivity contribution in [3.8, 4) is 0 Å². The first kappa shape index (κ1) is 11.6. The van der Waals surface area contributed by atoms with Gasteiger partial charge in [0.25, 0.3) is 0 Å². The Bertz CT molecular complexity index is 386.